The van der Waals surface area contributed by atoms with E-state index >= 15 is 0 Å². The van der Waals surface area contributed by atoms with Crippen LogP contribution in [-0.4, -0.2) is 23.8 Å². The highest BCUT2D eigenvalue weighted by Gasteiger charge is 2.09. The summed E-state index contributed by atoms with van der Waals surface area (Å²) < 4.78 is 13.0. The summed E-state index contributed by atoms with van der Waals surface area (Å²) in [4.78, 5) is 0. The number of nitrogens with zero attached hydrogens (tertiary/aromatic N) is 1. The molecule has 5 heteroatoms. The zero-order chi connectivity index (χ0) is 12.1. The molecule has 1 rings (SSSR count). The van der Waals surface area contributed by atoms with Gasteiger partial charge in [-0.1, -0.05) is 0 Å². The number of benzene rings is 1. The van der Waals surface area contributed by atoms with E-state index in [-0.39, 0.29) is 5.56 Å². The highest BCUT2D eigenvalue weighted by atomic mass is 19.1. The van der Waals surface area contributed by atoms with Crippen molar-refractivity contribution in [1.29, 1.82) is 5.26 Å². The van der Waals surface area contributed by atoms with Gasteiger partial charge in [0, 0.05) is 18.3 Å². The summed E-state index contributed by atoms with van der Waals surface area (Å²) in [7, 11) is 0. The van der Waals surface area contributed by atoms with Crippen molar-refractivity contribution < 1.29 is 9.50 Å². The Labute approximate surface area is 93.5 Å². The molecule has 0 aliphatic carbocycles. The summed E-state index contributed by atoms with van der Waals surface area (Å²) in [6.07, 6.45) is -0.642. The normalized spacial score (nSPS) is 13.9. The van der Waals surface area contributed by atoms with Gasteiger partial charge in [-0.05, 0) is 25.1 Å². The number of hydrogen-bond acceptors (Lipinski definition) is 4. The molecule has 0 bridgehead atoms. The first-order valence-electron chi connectivity index (χ1n) is 4.91. The Morgan fingerprint density at radius 2 is 2.25 bits per heavy atom. The molecule has 2 unspecified atom stereocenters. The zero-order valence-corrected chi connectivity index (χ0v) is 8.94. The monoisotopic (exact) mass is 223 g/mol. The number of nitrogens with one attached hydrogen (secondary N) is 1. The average molecular weight is 223 g/mol. The molecule has 1 aromatic carbocycles. The van der Waals surface area contributed by atoms with E-state index in [1.54, 1.807) is 6.92 Å². The minimum atomic E-state index is -0.642. The van der Waals surface area contributed by atoms with Crippen LogP contribution in [0.4, 0.5) is 10.1 Å². The van der Waals surface area contributed by atoms with Crippen LogP contribution in [0.3, 0.4) is 0 Å². The number of aliphatic hydroxyl groups is 1. The quantitative estimate of drug-likeness (QED) is 0.705. The Bertz CT molecular complexity index is 401. The zero-order valence-electron chi connectivity index (χ0n) is 8.94. The second-order valence-electron chi connectivity index (χ2n) is 3.63. The van der Waals surface area contributed by atoms with Crippen molar-refractivity contribution in [2.45, 2.75) is 19.1 Å². The van der Waals surface area contributed by atoms with Gasteiger partial charge in [0.25, 0.3) is 0 Å². The maximum atomic E-state index is 13.0. The van der Waals surface area contributed by atoms with Gasteiger partial charge in [0.1, 0.15) is 5.82 Å². The van der Waals surface area contributed by atoms with Crippen LogP contribution in [0.25, 0.3) is 0 Å². The fraction of sp³-hybridized carbons (Fsp3) is 0.364. The van der Waals surface area contributed by atoms with Crippen molar-refractivity contribution in [2.24, 2.45) is 5.73 Å². The van der Waals surface area contributed by atoms with Crippen LogP contribution in [0.15, 0.2) is 18.2 Å². The predicted octanol–water partition coefficient (Wildman–Crippen LogP) is 0.817. The second kappa shape index (κ2) is 5.45. The van der Waals surface area contributed by atoms with Crippen LogP contribution in [0.1, 0.15) is 12.5 Å². The molecule has 0 saturated heterocycles. The Balaban J connectivity index is 2.68. The standard InChI is InChI=1S/C11H14FN3O/c1-7(16)11(14)6-15-10-3-8(5-13)2-9(12)4-10/h2-4,7,11,15-16H,6,14H2,1H3. The third-order valence-electron chi connectivity index (χ3n) is 2.19. The largest absolute Gasteiger partial charge is 0.392 e. The molecule has 2 atom stereocenters. The summed E-state index contributed by atoms with van der Waals surface area (Å²) in [5.74, 6) is -0.479. The van der Waals surface area contributed by atoms with E-state index < -0.39 is 18.0 Å². The summed E-state index contributed by atoms with van der Waals surface area (Å²) in [5, 5.41) is 20.7. The van der Waals surface area contributed by atoms with Crippen LogP contribution >= 0.6 is 0 Å². The van der Waals surface area contributed by atoms with Gasteiger partial charge in [0.05, 0.1) is 17.7 Å². The molecular formula is C11H14FN3O. The molecule has 4 N–H and O–H groups in total. The molecule has 0 fully saturated rings. The molecule has 0 saturated carbocycles. The SMILES string of the molecule is CC(O)C(N)CNc1cc(F)cc(C#N)c1. The third-order valence-corrected chi connectivity index (χ3v) is 2.19. The van der Waals surface area contributed by atoms with Crippen LogP contribution in [0, 0.1) is 17.1 Å². The maximum absolute atomic E-state index is 13.0. The molecule has 4 nitrogen and oxygen atoms in total. The summed E-state index contributed by atoms with van der Waals surface area (Å²) in [6.45, 7) is 1.89. The van der Waals surface area contributed by atoms with Crippen LogP contribution in [0.5, 0.6) is 0 Å². The minimum Gasteiger partial charge on any atom is -0.392 e. The highest BCUT2D eigenvalue weighted by molar-refractivity contribution is 5.49. The Kier molecular flexibility index (Phi) is 4.23. The van der Waals surface area contributed by atoms with Crippen LogP contribution < -0.4 is 11.1 Å². The van der Waals surface area contributed by atoms with Gasteiger partial charge in [-0.25, -0.2) is 4.39 Å². The maximum Gasteiger partial charge on any atom is 0.126 e. The Hall–Kier alpha value is -1.64. The predicted molar refractivity (Wildman–Crippen MR) is 59.3 cm³/mol. The number of nitrogens with two attached hydrogens (primary N) is 1. The van der Waals surface area contributed by atoms with E-state index in [2.05, 4.69) is 5.32 Å². The Morgan fingerprint density at radius 3 is 2.81 bits per heavy atom. The first-order valence-corrected chi connectivity index (χ1v) is 4.91. The fourth-order valence-electron chi connectivity index (χ4n) is 1.16. The number of anilines is 1. The molecule has 0 aromatic heterocycles. The average Bonchev–Trinajstić information content (AvgIpc) is 2.24. The van der Waals surface area contributed by atoms with E-state index in [1.165, 1.54) is 12.1 Å². The van der Waals surface area contributed by atoms with Crippen LogP contribution in [0.2, 0.25) is 0 Å². The van der Waals surface area contributed by atoms with Crippen molar-refractivity contribution in [3.05, 3.63) is 29.6 Å². The van der Waals surface area contributed by atoms with Gasteiger partial charge in [-0.3, -0.25) is 0 Å². The molecule has 0 aliphatic heterocycles. The van der Waals surface area contributed by atoms with Crippen molar-refractivity contribution in [3.8, 4) is 6.07 Å². The number of aliphatic hydroxyl groups excluding tert-OH is 1. The number of hydrogen-bond donors (Lipinski definition) is 3. The van der Waals surface area contributed by atoms with Crippen molar-refractivity contribution in [3.63, 3.8) is 0 Å². The van der Waals surface area contributed by atoms with Gasteiger partial charge in [-0.15, -0.1) is 0 Å². The summed E-state index contributed by atoms with van der Waals surface area (Å²) in [6, 6.07) is 5.37. The lowest BCUT2D eigenvalue weighted by atomic mass is 10.1. The molecule has 0 radical (unpaired) electrons. The van der Waals surface area contributed by atoms with E-state index in [1.807, 2.05) is 6.07 Å². The number of nitriles is 1. The van der Waals surface area contributed by atoms with Gasteiger partial charge in [0.2, 0.25) is 0 Å². The smallest absolute Gasteiger partial charge is 0.126 e. The Morgan fingerprint density at radius 1 is 1.56 bits per heavy atom. The van der Waals surface area contributed by atoms with Crippen LogP contribution in [-0.2, 0) is 0 Å². The molecule has 0 spiro atoms. The van der Waals surface area contributed by atoms with E-state index in [9.17, 15) is 4.39 Å². The van der Waals surface area contributed by atoms with Gasteiger partial charge >= 0.3 is 0 Å². The number of halogens is 1. The lowest BCUT2D eigenvalue weighted by molar-refractivity contribution is 0.168. The summed E-state index contributed by atoms with van der Waals surface area (Å²) in [5.41, 5.74) is 6.32. The first-order chi connectivity index (χ1) is 7.52. The lowest BCUT2D eigenvalue weighted by Gasteiger charge is -2.16. The van der Waals surface area contributed by atoms with Gasteiger partial charge in [-0.2, -0.15) is 5.26 Å². The highest BCUT2D eigenvalue weighted by Crippen LogP contribution is 2.13. The van der Waals surface area contributed by atoms with Gasteiger partial charge in [0.15, 0.2) is 0 Å². The van der Waals surface area contributed by atoms with Crippen molar-refractivity contribution in [1.82, 2.24) is 0 Å². The van der Waals surface area contributed by atoms with E-state index in [4.69, 9.17) is 16.1 Å². The lowest BCUT2D eigenvalue weighted by Crippen LogP contribution is -2.38. The number of rotatable bonds is 4. The second-order valence-corrected chi connectivity index (χ2v) is 3.63. The molecule has 0 amide bonds. The van der Waals surface area contributed by atoms with E-state index in [0.29, 0.717) is 12.2 Å². The molecule has 0 heterocycles. The molecule has 16 heavy (non-hydrogen) atoms. The van der Waals surface area contributed by atoms with Gasteiger partial charge < -0.3 is 16.2 Å². The van der Waals surface area contributed by atoms with Crippen molar-refractivity contribution in [2.75, 3.05) is 11.9 Å². The summed E-state index contributed by atoms with van der Waals surface area (Å²) >= 11 is 0. The third kappa shape index (κ3) is 3.50. The molecule has 0 aliphatic rings. The molecule has 86 valence electrons. The molecular weight excluding hydrogens is 209 g/mol. The first kappa shape index (κ1) is 12.4. The van der Waals surface area contributed by atoms with E-state index in [0.717, 1.165) is 6.07 Å². The van der Waals surface area contributed by atoms with Crippen molar-refractivity contribution >= 4 is 5.69 Å². The fourth-order valence-corrected chi connectivity index (χ4v) is 1.16. The topological polar surface area (TPSA) is 82.1 Å². The molecule has 1 aromatic rings. The minimum absolute atomic E-state index is 0.244.